The van der Waals surface area contributed by atoms with Gasteiger partial charge in [0.05, 0.1) is 5.41 Å². The second-order valence-corrected chi connectivity index (χ2v) is 4.61. The maximum atomic E-state index is 13.4. The van der Waals surface area contributed by atoms with E-state index in [0.717, 1.165) is 5.69 Å². The van der Waals surface area contributed by atoms with Gasteiger partial charge in [0.1, 0.15) is 0 Å². The van der Waals surface area contributed by atoms with Crippen LogP contribution in [0.2, 0.25) is 0 Å². The predicted molar refractivity (Wildman–Crippen MR) is 61.1 cm³/mol. The lowest BCUT2D eigenvalue weighted by molar-refractivity contribution is 0.0896. The summed E-state index contributed by atoms with van der Waals surface area (Å²) in [5, 5.41) is 0. The maximum Gasteiger partial charge on any atom is 0.260 e. The fraction of sp³-hybridized carbons (Fsp3) is 0.500. The van der Waals surface area contributed by atoms with Crippen molar-refractivity contribution < 1.29 is 8.78 Å². The molecule has 1 fully saturated rings. The van der Waals surface area contributed by atoms with Crippen LogP contribution >= 0.6 is 0 Å². The zero-order valence-corrected chi connectivity index (χ0v) is 9.50. The Kier molecular flexibility index (Phi) is 2.42. The summed E-state index contributed by atoms with van der Waals surface area (Å²) < 4.78 is 26.8. The molecule has 0 bridgehead atoms. The molecular weight excluding hydrogens is 210 g/mol. The van der Waals surface area contributed by atoms with E-state index >= 15 is 0 Å². The molecule has 0 aliphatic heterocycles. The summed E-state index contributed by atoms with van der Waals surface area (Å²) >= 11 is 0. The van der Waals surface area contributed by atoms with Crippen LogP contribution in [-0.4, -0.2) is 26.6 Å². The summed E-state index contributed by atoms with van der Waals surface area (Å²) in [6.07, 6.45) is -0.132. The highest BCUT2D eigenvalue weighted by atomic mass is 19.3. The van der Waals surface area contributed by atoms with Crippen molar-refractivity contribution in [1.29, 1.82) is 0 Å². The molecule has 1 aromatic rings. The highest BCUT2D eigenvalue weighted by Crippen LogP contribution is 2.61. The minimum atomic E-state index is -2.65. The minimum Gasteiger partial charge on any atom is -0.378 e. The first-order valence-corrected chi connectivity index (χ1v) is 5.29. The number of alkyl halides is 2. The zero-order chi connectivity index (χ0) is 12.0. The minimum absolute atomic E-state index is 0.00309. The molecule has 2 N–H and O–H groups in total. The van der Waals surface area contributed by atoms with E-state index in [9.17, 15) is 8.78 Å². The number of halogens is 2. The maximum absolute atomic E-state index is 13.4. The number of hydrogen-bond acceptors (Lipinski definition) is 2. The van der Waals surface area contributed by atoms with E-state index in [4.69, 9.17) is 5.73 Å². The van der Waals surface area contributed by atoms with Crippen LogP contribution in [0.5, 0.6) is 0 Å². The van der Waals surface area contributed by atoms with E-state index in [0.29, 0.717) is 5.56 Å². The number of nitrogens with zero attached hydrogens (tertiary/aromatic N) is 1. The van der Waals surface area contributed by atoms with Gasteiger partial charge in [0.25, 0.3) is 5.92 Å². The fourth-order valence-electron chi connectivity index (χ4n) is 2.07. The molecule has 4 heteroatoms. The van der Waals surface area contributed by atoms with E-state index in [1.165, 1.54) is 0 Å². The lowest BCUT2D eigenvalue weighted by Gasteiger charge is -2.18. The molecular formula is C12H16F2N2. The topological polar surface area (TPSA) is 29.3 Å². The van der Waals surface area contributed by atoms with Crippen LogP contribution in [0.15, 0.2) is 24.3 Å². The van der Waals surface area contributed by atoms with Crippen LogP contribution in [0.25, 0.3) is 0 Å². The molecule has 0 spiro atoms. The molecule has 0 amide bonds. The van der Waals surface area contributed by atoms with E-state index < -0.39 is 11.3 Å². The molecule has 2 nitrogen and oxygen atoms in total. The summed E-state index contributed by atoms with van der Waals surface area (Å²) in [5.41, 5.74) is 5.95. The van der Waals surface area contributed by atoms with Gasteiger partial charge in [-0.25, -0.2) is 8.78 Å². The van der Waals surface area contributed by atoms with Crippen molar-refractivity contribution in [3.63, 3.8) is 0 Å². The van der Waals surface area contributed by atoms with Gasteiger partial charge >= 0.3 is 0 Å². The first-order valence-electron chi connectivity index (χ1n) is 5.29. The van der Waals surface area contributed by atoms with Crippen molar-refractivity contribution in [1.82, 2.24) is 0 Å². The Hall–Kier alpha value is -1.16. The van der Waals surface area contributed by atoms with Crippen LogP contribution in [0.4, 0.5) is 14.5 Å². The second kappa shape index (κ2) is 3.42. The molecule has 16 heavy (non-hydrogen) atoms. The van der Waals surface area contributed by atoms with Gasteiger partial charge in [-0.1, -0.05) is 12.1 Å². The van der Waals surface area contributed by atoms with Gasteiger partial charge in [0.15, 0.2) is 0 Å². The van der Waals surface area contributed by atoms with Crippen molar-refractivity contribution >= 4 is 5.69 Å². The van der Waals surface area contributed by atoms with E-state index in [-0.39, 0.29) is 13.0 Å². The lowest BCUT2D eigenvalue weighted by atomic mass is 9.95. The summed E-state index contributed by atoms with van der Waals surface area (Å²) in [7, 11) is 3.78. The predicted octanol–water partition coefficient (Wildman–Crippen LogP) is 1.99. The quantitative estimate of drug-likeness (QED) is 0.854. The average Bonchev–Trinajstić information content (AvgIpc) is 2.82. The Morgan fingerprint density at radius 2 is 2.00 bits per heavy atom. The Morgan fingerprint density at radius 3 is 2.44 bits per heavy atom. The summed E-state index contributed by atoms with van der Waals surface area (Å²) in [5.74, 6) is -2.65. The first kappa shape index (κ1) is 11.3. The molecule has 2 rings (SSSR count). The largest absolute Gasteiger partial charge is 0.378 e. The number of benzene rings is 1. The number of hydrogen-bond donors (Lipinski definition) is 1. The Morgan fingerprint density at radius 1 is 1.38 bits per heavy atom. The third-order valence-corrected chi connectivity index (χ3v) is 3.36. The molecule has 0 saturated heterocycles. The van der Waals surface area contributed by atoms with Gasteiger partial charge in [-0.3, -0.25) is 0 Å². The molecule has 1 unspecified atom stereocenters. The molecule has 1 aliphatic rings. The number of rotatable bonds is 3. The van der Waals surface area contributed by atoms with Crippen molar-refractivity contribution in [2.45, 2.75) is 17.8 Å². The third kappa shape index (κ3) is 1.48. The van der Waals surface area contributed by atoms with Crippen LogP contribution in [0, 0.1) is 0 Å². The molecule has 1 aromatic carbocycles. The molecule has 1 saturated carbocycles. The Bertz CT molecular complexity index is 404. The SMILES string of the molecule is CN(C)c1cccc(C2(CN)CC2(F)F)c1. The summed E-state index contributed by atoms with van der Waals surface area (Å²) in [6, 6.07) is 7.24. The number of anilines is 1. The van der Waals surface area contributed by atoms with Gasteiger partial charge in [-0.15, -0.1) is 0 Å². The Labute approximate surface area is 94.0 Å². The smallest absolute Gasteiger partial charge is 0.260 e. The molecule has 0 heterocycles. The van der Waals surface area contributed by atoms with Crippen molar-refractivity contribution in [3.05, 3.63) is 29.8 Å². The van der Waals surface area contributed by atoms with Crippen LogP contribution in [0.3, 0.4) is 0 Å². The summed E-state index contributed by atoms with van der Waals surface area (Å²) in [4.78, 5) is 1.90. The summed E-state index contributed by atoms with van der Waals surface area (Å²) in [6.45, 7) is -0.00309. The van der Waals surface area contributed by atoms with Gasteiger partial charge in [-0.2, -0.15) is 0 Å². The molecule has 0 aromatic heterocycles. The van der Waals surface area contributed by atoms with Gasteiger partial charge < -0.3 is 10.6 Å². The third-order valence-electron chi connectivity index (χ3n) is 3.36. The zero-order valence-electron chi connectivity index (χ0n) is 9.50. The normalized spacial score (nSPS) is 26.6. The second-order valence-electron chi connectivity index (χ2n) is 4.61. The van der Waals surface area contributed by atoms with E-state index in [1.54, 1.807) is 18.2 Å². The Balaban J connectivity index is 2.38. The average molecular weight is 226 g/mol. The molecule has 0 radical (unpaired) electrons. The monoisotopic (exact) mass is 226 g/mol. The van der Waals surface area contributed by atoms with Crippen molar-refractivity contribution in [2.24, 2.45) is 5.73 Å². The highest BCUT2D eigenvalue weighted by molar-refractivity contribution is 5.52. The van der Waals surface area contributed by atoms with Crippen molar-refractivity contribution in [3.8, 4) is 0 Å². The molecule has 1 aliphatic carbocycles. The van der Waals surface area contributed by atoms with E-state index in [1.807, 2.05) is 25.1 Å². The molecule has 1 atom stereocenters. The molecule has 88 valence electrons. The highest BCUT2D eigenvalue weighted by Gasteiger charge is 2.71. The van der Waals surface area contributed by atoms with Gasteiger partial charge in [0, 0.05) is 32.7 Å². The van der Waals surface area contributed by atoms with Crippen LogP contribution in [0.1, 0.15) is 12.0 Å². The van der Waals surface area contributed by atoms with Gasteiger partial charge in [0.2, 0.25) is 0 Å². The number of nitrogens with two attached hydrogens (primary N) is 1. The van der Waals surface area contributed by atoms with Crippen LogP contribution in [-0.2, 0) is 5.41 Å². The van der Waals surface area contributed by atoms with Crippen molar-refractivity contribution in [2.75, 3.05) is 25.5 Å². The lowest BCUT2D eigenvalue weighted by Crippen LogP contribution is -2.27. The van der Waals surface area contributed by atoms with E-state index in [2.05, 4.69) is 0 Å². The first-order chi connectivity index (χ1) is 7.43. The fourth-order valence-corrected chi connectivity index (χ4v) is 2.07. The standard InChI is InChI=1S/C12H16F2N2/c1-16(2)10-5-3-4-9(6-10)11(8-15)7-12(11,13)14/h3-6H,7-8,15H2,1-2H3. The van der Waals surface area contributed by atoms with Gasteiger partial charge in [-0.05, 0) is 17.7 Å². The van der Waals surface area contributed by atoms with Crippen LogP contribution < -0.4 is 10.6 Å².